The molecule has 122 valence electrons. The first kappa shape index (κ1) is 17.0. The number of aryl methyl sites for hydroxylation is 2. The molecule has 0 heterocycles. The summed E-state index contributed by atoms with van der Waals surface area (Å²) < 4.78 is 0. The quantitative estimate of drug-likeness (QED) is 0.655. The summed E-state index contributed by atoms with van der Waals surface area (Å²) in [6, 6.07) is 14.4. The number of aromatic hydroxyl groups is 2. The molecule has 1 atom stereocenters. The summed E-state index contributed by atoms with van der Waals surface area (Å²) in [5.74, 6) is -0.281. The van der Waals surface area contributed by atoms with Crippen molar-refractivity contribution in [1.29, 1.82) is 0 Å². The predicted molar refractivity (Wildman–Crippen MR) is 88.5 cm³/mol. The van der Waals surface area contributed by atoms with E-state index < -0.39 is 6.10 Å². The molecule has 3 N–H and O–H groups in total. The fraction of sp³-hybridized carbons (Fsp3) is 0.316. The second-order valence-electron chi connectivity index (χ2n) is 5.74. The topological polar surface area (TPSA) is 77.8 Å². The highest BCUT2D eigenvalue weighted by Gasteiger charge is 2.12. The third kappa shape index (κ3) is 5.75. The highest BCUT2D eigenvalue weighted by molar-refractivity contribution is 5.79. The summed E-state index contributed by atoms with van der Waals surface area (Å²) in [6.07, 6.45) is 1.58. The average molecular weight is 314 g/mol. The zero-order valence-electron chi connectivity index (χ0n) is 13.0. The van der Waals surface area contributed by atoms with Gasteiger partial charge in [0.1, 0.15) is 5.78 Å². The molecule has 0 amide bonds. The lowest BCUT2D eigenvalue weighted by Gasteiger charge is -2.10. The molecule has 0 aliphatic heterocycles. The van der Waals surface area contributed by atoms with Gasteiger partial charge in [-0.25, -0.2) is 0 Å². The molecular weight excluding hydrogens is 292 g/mol. The first-order valence-corrected chi connectivity index (χ1v) is 7.79. The molecule has 2 rings (SSSR count). The number of phenolic OH excluding ortho intramolecular Hbond substituents is 2. The molecule has 23 heavy (non-hydrogen) atoms. The maximum Gasteiger partial charge on any atom is 0.157 e. The highest BCUT2D eigenvalue weighted by atomic mass is 16.3. The van der Waals surface area contributed by atoms with E-state index in [2.05, 4.69) is 0 Å². The van der Waals surface area contributed by atoms with Crippen molar-refractivity contribution in [2.75, 3.05) is 0 Å². The molecule has 0 aromatic heterocycles. The Morgan fingerprint density at radius 3 is 2.35 bits per heavy atom. The van der Waals surface area contributed by atoms with Gasteiger partial charge < -0.3 is 15.3 Å². The number of aliphatic hydroxyl groups is 1. The number of phenols is 2. The van der Waals surface area contributed by atoms with Crippen LogP contribution >= 0.6 is 0 Å². The monoisotopic (exact) mass is 314 g/mol. The third-order valence-electron chi connectivity index (χ3n) is 3.80. The molecule has 0 saturated carbocycles. The van der Waals surface area contributed by atoms with Crippen LogP contribution in [0.1, 0.15) is 30.4 Å². The molecule has 0 bridgehead atoms. The van der Waals surface area contributed by atoms with E-state index in [-0.39, 0.29) is 23.7 Å². The molecule has 0 radical (unpaired) electrons. The van der Waals surface area contributed by atoms with E-state index in [0.717, 1.165) is 11.1 Å². The number of rotatable bonds is 8. The minimum Gasteiger partial charge on any atom is -0.504 e. The van der Waals surface area contributed by atoms with Crippen LogP contribution in [-0.2, 0) is 17.6 Å². The number of hydrogen-bond acceptors (Lipinski definition) is 4. The van der Waals surface area contributed by atoms with Crippen molar-refractivity contribution in [1.82, 2.24) is 0 Å². The summed E-state index contributed by atoms with van der Waals surface area (Å²) in [5, 5.41) is 28.6. The smallest absolute Gasteiger partial charge is 0.157 e. The van der Waals surface area contributed by atoms with Gasteiger partial charge in [0.05, 0.1) is 6.10 Å². The Labute approximate surface area is 136 Å². The summed E-state index contributed by atoms with van der Waals surface area (Å²) in [5.41, 5.74) is 1.94. The zero-order chi connectivity index (χ0) is 16.7. The fourth-order valence-corrected chi connectivity index (χ4v) is 2.45. The van der Waals surface area contributed by atoms with Crippen LogP contribution in [0.15, 0.2) is 48.5 Å². The van der Waals surface area contributed by atoms with Crippen molar-refractivity contribution in [2.24, 2.45) is 0 Å². The molecule has 4 nitrogen and oxygen atoms in total. The molecule has 4 heteroatoms. The number of hydrogen-bond donors (Lipinski definition) is 3. The number of ketones is 1. The van der Waals surface area contributed by atoms with Gasteiger partial charge in [-0.2, -0.15) is 0 Å². The SMILES string of the molecule is O=C(CCc1ccccc1)C[C@@H](O)CCc1ccc(O)c(O)c1. The second-order valence-corrected chi connectivity index (χ2v) is 5.74. The first-order valence-electron chi connectivity index (χ1n) is 7.79. The van der Waals surface area contributed by atoms with E-state index in [1.807, 2.05) is 30.3 Å². The Kier molecular flexibility index (Phi) is 6.18. The second kappa shape index (κ2) is 8.34. The van der Waals surface area contributed by atoms with Gasteiger partial charge in [-0.15, -0.1) is 0 Å². The Morgan fingerprint density at radius 2 is 1.65 bits per heavy atom. The van der Waals surface area contributed by atoms with Crippen LogP contribution in [0.3, 0.4) is 0 Å². The van der Waals surface area contributed by atoms with E-state index in [0.29, 0.717) is 25.7 Å². The average Bonchev–Trinajstić information content (AvgIpc) is 2.55. The van der Waals surface area contributed by atoms with Gasteiger partial charge >= 0.3 is 0 Å². The van der Waals surface area contributed by atoms with Gasteiger partial charge in [-0.3, -0.25) is 4.79 Å². The van der Waals surface area contributed by atoms with Gasteiger partial charge in [0, 0.05) is 12.8 Å². The molecule has 0 spiro atoms. The number of carbonyl (C=O) groups excluding carboxylic acids is 1. The van der Waals surface area contributed by atoms with Gasteiger partial charge in [0.2, 0.25) is 0 Å². The molecule has 0 unspecified atom stereocenters. The van der Waals surface area contributed by atoms with E-state index in [4.69, 9.17) is 0 Å². The van der Waals surface area contributed by atoms with Crippen molar-refractivity contribution in [3.8, 4) is 11.5 Å². The number of benzene rings is 2. The van der Waals surface area contributed by atoms with Crippen LogP contribution < -0.4 is 0 Å². The van der Waals surface area contributed by atoms with Crippen LogP contribution in [0.25, 0.3) is 0 Å². The fourth-order valence-electron chi connectivity index (χ4n) is 2.45. The molecule has 2 aromatic carbocycles. The lowest BCUT2D eigenvalue weighted by atomic mass is 10.00. The minimum absolute atomic E-state index is 0.0508. The molecule has 0 saturated heterocycles. The van der Waals surface area contributed by atoms with E-state index >= 15 is 0 Å². The number of aliphatic hydroxyl groups excluding tert-OH is 1. The summed E-state index contributed by atoms with van der Waals surface area (Å²) >= 11 is 0. The van der Waals surface area contributed by atoms with Crippen LogP contribution in [0, 0.1) is 0 Å². The maximum atomic E-state index is 11.9. The summed E-state index contributed by atoms with van der Waals surface area (Å²) in [6.45, 7) is 0. The third-order valence-corrected chi connectivity index (χ3v) is 3.80. The first-order chi connectivity index (χ1) is 11.0. The lowest BCUT2D eigenvalue weighted by molar-refractivity contribution is -0.120. The largest absolute Gasteiger partial charge is 0.504 e. The molecule has 0 aliphatic carbocycles. The van der Waals surface area contributed by atoms with Gasteiger partial charge in [0.15, 0.2) is 11.5 Å². The Morgan fingerprint density at radius 1 is 0.913 bits per heavy atom. The Bertz CT molecular complexity index is 637. The van der Waals surface area contributed by atoms with Crippen molar-refractivity contribution in [3.05, 3.63) is 59.7 Å². The molecule has 0 fully saturated rings. The minimum atomic E-state index is -0.686. The van der Waals surface area contributed by atoms with Gasteiger partial charge in [-0.05, 0) is 42.5 Å². The van der Waals surface area contributed by atoms with Gasteiger partial charge in [0.25, 0.3) is 0 Å². The normalized spacial score (nSPS) is 12.0. The van der Waals surface area contributed by atoms with E-state index in [9.17, 15) is 20.1 Å². The van der Waals surface area contributed by atoms with Crippen LogP contribution in [-0.4, -0.2) is 27.2 Å². The van der Waals surface area contributed by atoms with Crippen LogP contribution in [0.5, 0.6) is 11.5 Å². The van der Waals surface area contributed by atoms with Crippen molar-refractivity contribution < 1.29 is 20.1 Å². The lowest BCUT2D eigenvalue weighted by Crippen LogP contribution is -2.14. The summed E-state index contributed by atoms with van der Waals surface area (Å²) in [4.78, 5) is 11.9. The Balaban J connectivity index is 1.72. The molecule has 2 aromatic rings. The molecular formula is C19H22O4. The van der Waals surface area contributed by atoms with Crippen molar-refractivity contribution >= 4 is 5.78 Å². The Hall–Kier alpha value is -2.33. The molecule has 0 aliphatic rings. The van der Waals surface area contributed by atoms with Gasteiger partial charge in [-0.1, -0.05) is 36.4 Å². The highest BCUT2D eigenvalue weighted by Crippen LogP contribution is 2.25. The van der Waals surface area contributed by atoms with Crippen molar-refractivity contribution in [2.45, 2.75) is 38.2 Å². The predicted octanol–water partition coefficient (Wildman–Crippen LogP) is 2.98. The number of Topliss-reactive ketones (excluding diaryl/α,β-unsaturated/α-hetero) is 1. The van der Waals surface area contributed by atoms with E-state index in [1.165, 1.54) is 12.1 Å². The zero-order valence-corrected chi connectivity index (χ0v) is 13.0. The summed E-state index contributed by atoms with van der Waals surface area (Å²) in [7, 11) is 0. The number of carbonyl (C=O) groups is 1. The maximum absolute atomic E-state index is 11.9. The van der Waals surface area contributed by atoms with Crippen LogP contribution in [0.2, 0.25) is 0 Å². The standard InChI is InChI=1S/C19H22O4/c20-16(9-6-14-4-2-1-3-5-14)13-17(21)10-7-15-8-11-18(22)19(23)12-15/h1-5,8,11-12,17,21-23H,6-7,9-10,13H2/t17-/m0/s1. The van der Waals surface area contributed by atoms with Crippen molar-refractivity contribution in [3.63, 3.8) is 0 Å². The van der Waals surface area contributed by atoms with E-state index in [1.54, 1.807) is 6.07 Å². The van der Waals surface area contributed by atoms with Crippen LogP contribution in [0.4, 0.5) is 0 Å².